The van der Waals surface area contributed by atoms with E-state index in [0.717, 1.165) is 12.0 Å². The number of para-hydroxylation sites is 1. The monoisotopic (exact) mass is 434 g/mol. The van der Waals surface area contributed by atoms with Gasteiger partial charge in [-0.05, 0) is 42.8 Å². The summed E-state index contributed by atoms with van der Waals surface area (Å²) >= 11 is 15.6. The lowest BCUT2D eigenvalue weighted by Crippen LogP contribution is -2.22. The van der Waals surface area contributed by atoms with Crippen molar-refractivity contribution in [3.8, 4) is 5.75 Å². The largest absolute Gasteiger partial charge is 0.775 e. The van der Waals surface area contributed by atoms with Crippen molar-refractivity contribution < 1.29 is 14.3 Å². The molecule has 0 aliphatic carbocycles. The van der Waals surface area contributed by atoms with Gasteiger partial charge in [0.05, 0.1) is 17.8 Å². The summed E-state index contributed by atoms with van der Waals surface area (Å²) in [7, 11) is 1.56. The molecule has 2 aromatic rings. The van der Waals surface area contributed by atoms with E-state index in [1.165, 1.54) is 4.31 Å². The predicted octanol–water partition coefficient (Wildman–Crippen LogP) is 5.42. The molecule has 0 heterocycles. The molecular formula is C21H21ClNO3S2-. The zero-order valence-electron chi connectivity index (χ0n) is 15.6. The minimum Gasteiger partial charge on any atom is -0.775 e. The van der Waals surface area contributed by atoms with Crippen molar-refractivity contribution in [3.63, 3.8) is 0 Å². The number of halogens is 1. The number of hydrogen-bond acceptors (Lipinski definition) is 5. The smallest absolute Gasteiger partial charge is 0.241 e. The fraction of sp³-hybridized carbons (Fsp3) is 0.190. The molecule has 0 aliphatic rings. The predicted molar refractivity (Wildman–Crippen MR) is 121 cm³/mol. The molecule has 1 amide bonds. The van der Waals surface area contributed by atoms with E-state index in [-0.39, 0.29) is 17.4 Å². The highest BCUT2D eigenvalue weighted by atomic mass is 35.5. The van der Waals surface area contributed by atoms with Gasteiger partial charge in [0.25, 0.3) is 0 Å². The topological polar surface area (TPSA) is 38.8 Å². The molecule has 148 valence electrons. The number of amides is 1. The lowest BCUT2D eigenvalue weighted by atomic mass is 10.1. The van der Waals surface area contributed by atoms with Crippen LogP contribution < -0.4 is 9.04 Å². The van der Waals surface area contributed by atoms with E-state index < -0.39 is 0 Å². The van der Waals surface area contributed by atoms with Gasteiger partial charge < -0.3 is 22.1 Å². The SMILES string of the molecule is CC/C=C(\OC/C=C(\[S-])C(=O)N(S)c1ccccc1)c1ccc(OC)c(Cl)c1. The van der Waals surface area contributed by atoms with Crippen LogP contribution in [-0.2, 0) is 22.2 Å². The Morgan fingerprint density at radius 2 is 1.93 bits per heavy atom. The van der Waals surface area contributed by atoms with Crippen LogP contribution in [0.15, 0.2) is 65.6 Å². The highest BCUT2D eigenvalue weighted by Gasteiger charge is 2.10. The molecule has 0 aromatic heterocycles. The van der Waals surface area contributed by atoms with Gasteiger partial charge in [0.15, 0.2) is 0 Å². The minimum atomic E-state index is -0.387. The van der Waals surface area contributed by atoms with Crippen LogP contribution >= 0.6 is 24.4 Å². The second-order valence-electron chi connectivity index (χ2n) is 5.66. The van der Waals surface area contributed by atoms with E-state index in [2.05, 4.69) is 12.8 Å². The van der Waals surface area contributed by atoms with E-state index in [4.69, 9.17) is 33.7 Å². The lowest BCUT2D eigenvalue weighted by Gasteiger charge is -2.21. The molecule has 2 rings (SSSR count). The van der Waals surface area contributed by atoms with Gasteiger partial charge in [-0.2, -0.15) is 0 Å². The lowest BCUT2D eigenvalue weighted by molar-refractivity contribution is -0.113. The molecule has 0 bridgehead atoms. The first kappa shape index (κ1) is 22.1. The third-order valence-electron chi connectivity index (χ3n) is 3.74. The summed E-state index contributed by atoms with van der Waals surface area (Å²) in [6.45, 7) is 2.15. The molecule has 0 aliphatic heterocycles. The fourth-order valence-corrected chi connectivity index (χ4v) is 3.08. The standard InChI is InChI=1S/C21H22ClNO3S2/c1-3-7-18(15-10-11-19(25-2)17(22)14-15)26-13-12-20(27)21(24)23(28)16-8-5-4-6-9-16/h4-12,14,27-28H,3,13H2,1-2H3/p-1/b18-7-,20-12-. The number of benzene rings is 2. The number of thiol groups is 1. The molecule has 7 heteroatoms. The van der Waals surface area contributed by atoms with Crippen molar-refractivity contribution >= 4 is 54.4 Å². The molecule has 28 heavy (non-hydrogen) atoms. The highest BCUT2D eigenvalue weighted by molar-refractivity contribution is 7.83. The van der Waals surface area contributed by atoms with Crippen LogP contribution in [0.25, 0.3) is 5.76 Å². The Morgan fingerprint density at radius 3 is 2.54 bits per heavy atom. The first-order chi connectivity index (χ1) is 13.5. The van der Waals surface area contributed by atoms with Crippen molar-refractivity contribution in [1.29, 1.82) is 0 Å². The van der Waals surface area contributed by atoms with Gasteiger partial charge in [-0.15, -0.1) is 4.91 Å². The molecule has 0 spiro atoms. The zero-order chi connectivity index (χ0) is 20.5. The van der Waals surface area contributed by atoms with Gasteiger partial charge in [-0.25, -0.2) is 0 Å². The van der Waals surface area contributed by atoms with Gasteiger partial charge in [0.2, 0.25) is 5.91 Å². The summed E-state index contributed by atoms with van der Waals surface area (Å²) in [6, 6.07) is 14.5. The normalized spacial score (nSPS) is 11.9. The van der Waals surface area contributed by atoms with E-state index >= 15 is 0 Å². The van der Waals surface area contributed by atoms with Gasteiger partial charge in [-0.3, -0.25) is 9.10 Å². The third kappa shape index (κ3) is 5.92. The highest BCUT2D eigenvalue weighted by Crippen LogP contribution is 2.28. The zero-order valence-corrected chi connectivity index (χ0v) is 18.1. The minimum absolute atomic E-state index is 0.127. The molecule has 0 saturated carbocycles. The van der Waals surface area contributed by atoms with Crippen LogP contribution in [0, 0.1) is 0 Å². The van der Waals surface area contributed by atoms with Crippen molar-refractivity contribution in [1.82, 2.24) is 0 Å². The Hall–Kier alpha value is -2.15. The molecule has 2 aromatic carbocycles. The molecule has 0 atom stereocenters. The Morgan fingerprint density at radius 1 is 1.21 bits per heavy atom. The molecular weight excluding hydrogens is 414 g/mol. The first-order valence-corrected chi connectivity index (χ1v) is 9.79. The van der Waals surface area contributed by atoms with E-state index in [0.29, 0.717) is 22.2 Å². The Bertz CT molecular complexity index is 869. The summed E-state index contributed by atoms with van der Waals surface area (Å²) < 4.78 is 12.2. The van der Waals surface area contributed by atoms with Gasteiger partial charge >= 0.3 is 0 Å². The number of carbonyl (C=O) groups is 1. The number of rotatable bonds is 8. The Labute approximate surface area is 181 Å². The van der Waals surface area contributed by atoms with Crippen LogP contribution in [0.4, 0.5) is 5.69 Å². The molecule has 0 saturated heterocycles. The van der Waals surface area contributed by atoms with Crippen LogP contribution in [0.5, 0.6) is 5.75 Å². The molecule has 0 radical (unpaired) electrons. The maximum atomic E-state index is 12.4. The number of nitrogens with zero attached hydrogens (tertiary/aromatic N) is 1. The summed E-state index contributed by atoms with van der Waals surface area (Å²) in [6.07, 6.45) is 4.27. The van der Waals surface area contributed by atoms with E-state index in [9.17, 15) is 4.79 Å². The maximum Gasteiger partial charge on any atom is 0.241 e. The van der Waals surface area contributed by atoms with Gasteiger partial charge in [0.1, 0.15) is 18.1 Å². The quantitative estimate of drug-likeness (QED) is 0.260. The van der Waals surface area contributed by atoms with Crippen LogP contribution in [-0.4, -0.2) is 19.6 Å². The number of carbonyl (C=O) groups excluding carboxylic acids is 1. The van der Waals surface area contributed by atoms with E-state index in [1.54, 1.807) is 37.5 Å². The Balaban J connectivity index is 2.06. The Kier molecular flexibility index (Phi) is 8.70. The maximum absolute atomic E-state index is 12.4. The summed E-state index contributed by atoms with van der Waals surface area (Å²) in [5, 5.41) is 0.494. The number of methoxy groups -OCH3 is 1. The molecule has 0 fully saturated rings. The van der Waals surface area contributed by atoms with Crippen LogP contribution in [0.3, 0.4) is 0 Å². The average molecular weight is 435 g/mol. The fourth-order valence-electron chi connectivity index (χ4n) is 2.35. The summed E-state index contributed by atoms with van der Waals surface area (Å²) in [5.74, 6) is 0.861. The number of ether oxygens (including phenoxy) is 2. The number of anilines is 1. The second-order valence-corrected chi connectivity index (χ2v) is 6.90. The second kappa shape index (κ2) is 11.0. The number of allylic oxidation sites excluding steroid dienone is 1. The number of hydrogen-bond donors (Lipinski definition) is 1. The molecule has 0 unspecified atom stereocenters. The van der Waals surface area contributed by atoms with Crippen molar-refractivity contribution in [2.75, 3.05) is 18.0 Å². The first-order valence-electron chi connectivity index (χ1n) is 8.60. The van der Waals surface area contributed by atoms with Crippen molar-refractivity contribution in [2.45, 2.75) is 13.3 Å². The molecule has 4 nitrogen and oxygen atoms in total. The average Bonchev–Trinajstić information content (AvgIpc) is 2.72. The summed E-state index contributed by atoms with van der Waals surface area (Å²) in [4.78, 5) is 12.5. The third-order valence-corrected chi connectivity index (χ3v) is 4.79. The van der Waals surface area contributed by atoms with Crippen molar-refractivity contribution in [3.05, 3.63) is 76.2 Å². The van der Waals surface area contributed by atoms with Crippen molar-refractivity contribution in [2.24, 2.45) is 0 Å². The summed E-state index contributed by atoms with van der Waals surface area (Å²) in [5.41, 5.74) is 1.46. The van der Waals surface area contributed by atoms with Gasteiger partial charge in [0, 0.05) is 5.56 Å². The van der Waals surface area contributed by atoms with Crippen LogP contribution in [0.1, 0.15) is 18.9 Å². The van der Waals surface area contributed by atoms with Gasteiger partial charge in [-0.1, -0.05) is 55.6 Å². The van der Waals surface area contributed by atoms with Crippen LogP contribution in [0.2, 0.25) is 5.02 Å². The molecule has 0 N–H and O–H groups in total. The van der Waals surface area contributed by atoms with E-state index in [1.807, 2.05) is 37.3 Å².